The van der Waals surface area contributed by atoms with Crippen molar-refractivity contribution in [1.82, 2.24) is 15.0 Å². The highest BCUT2D eigenvalue weighted by Gasteiger charge is 2.33. The number of nitrogens with zero attached hydrogens (tertiary/aromatic N) is 2. The molecule has 1 aliphatic rings. The lowest BCUT2D eigenvalue weighted by Crippen LogP contribution is -2.45. The number of fused-ring (bicyclic) bond motifs is 1. The van der Waals surface area contributed by atoms with Crippen molar-refractivity contribution in [2.45, 2.75) is 44.4 Å². The average Bonchev–Trinajstić information content (AvgIpc) is 3.30. The van der Waals surface area contributed by atoms with Gasteiger partial charge in [-0.3, -0.25) is 4.79 Å². The summed E-state index contributed by atoms with van der Waals surface area (Å²) in [6, 6.07) is 14.3. The molecule has 5 rings (SSSR count). The van der Waals surface area contributed by atoms with E-state index in [1.807, 2.05) is 30.3 Å². The van der Waals surface area contributed by atoms with Crippen molar-refractivity contribution in [2.75, 3.05) is 11.9 Å². The van der Waals surface area contributed by atoms with E-state index in [-0.39, 0.29) is 23.0 Å². The van der Waals surface area contributed by atoms with Gasteiger partial charge < -0.3 is 24.9 Å². The number of aromatic amines is 1. The van der Waals surface area contributed by atoms with Gasteiger partial charge in [0.1, 0.15) is 29.3 Å². The van der Waals surface area contributed by atoms with Crippen LogP contribution >= 0.6 is 11.6 Å². The summed E-state index contributed by atoms with van der Waals surface area (Å²) in [4.78, 5) is 25.3. The molecule has 0 spiro atoms. The van der Waals surface area contributed by atoms with Crippen LogP contribution in [0.4, 0.5) is 5.82 Å². The van der Waals surface area contributed by atoms with Crippen LogP contribution in [0.1, 0.15) is 42.6 Å². The van der Waals surface area contributed by atoms with E-state index in [1.54, 1.807) is 38.2 Å². The van der Waals surface area contributed by atoms with Gasteiger partial charge in [-0.25, -0.2) is 9.97 Å². The lowest BCUT2D eigenvalue weighted by molar-refractivity contribution is -0.110. The fraction of sp³-hybridized carbons (Fsp3) is 0.296. The molecule has 8 nitrogen and oxygen atoms in total. The molecule has 1 aliphatic heterocycles. The third kappa shape index (κ3) is 5.06. The Balaban J connectivity index is 1.38. The number of hydrogen-bond acceptors (Lipinski definition) is 7. The molecule has 3 heterocycles. The molecule has 1 saturated heterocycles. The highest BCUT2D eigenvalue weighted by atomic mass is 35.5. The largest absolute Gasteiger partial charge is 0.457 e. The molecule has 0 aliphatic carbocycles. The van der Waals surface area contributed by atoms with Gasteiger partial charge >= 0.3 is 0 Å². The standard InChI is InChI=1S/C27H27ClN4O4/c1-27(2,34)22-11-8-16(14-35-22)32-26-23-20(13-29-25(23)30-15-31-26)24(33)19-10-9-18(12-21(19)28)36-17-6-4-3-5-7-17/h3-7,9-10,12-13,15-16,22,34H,8,11,14H2,1-2H3,(H2,29,30,31,32)/t16-,22?/m1/s1. The van der Waals surface area contributed by atoms with Crippen molar-refractivity contribution in [3.63, 3.8) is 0 Å². The zero-order valence-corrected chi connectivity index (χ0v) is 20.7. The van der Waals surface area contributed by atoms with Crippen LogP contribution in [0.5, 0.6) is 11.5 Å². The van der Waals surface area contributed by atoms with Gasteiger partial charge in [-0.1, -0.05) is 29.8 Å². The number of ketones is 1. The van der Waals surface area contributed by atoms with Crippen LogP contribution in [0.2, 0.25) is 5.02 Å². The predicted molar refractivity (Wildman–Crippen MR) is 138 cm³/mol. The maximum Gasteiger partial charge on any atom is 0.196 e. The Hall–Kier alpha value is -3.46. The monoisotopic (exact) mass is 506 g/mol. The molecular weight excluding hydrogens is 480 g/mol. The van der Waals surface area contributed by atoms with E-state index in [1.165, 1.54) is 6.33 Å². The normalized spacial score (nSPS) is 18.2. The second kappa shape index (κ2) is 9.89. The quantitative estimate of drug-likeness (QED) is 0.289. The van der Waals surface area contributed by atoms with Gasteiger partial charge in [0.15, 0.2) is 5.78 Å². The van der Waals surface area contributed by atoms with Crippen LogP contribution in [0.3, 0.4) is 0 Å². The van der Waals surface area contributed by atoms with Gasteiger partial charge in [0.05, 0.1) is 40.3 Å². The lowest BCUT2D eigenvalue weighted by Gasteiger charge is -2.36. The summed E-state index contributed by atoms with van der Waals surface area (Å²) in [5, 5.41) is 14.5. The Morgan fingerprint density at radius 1 is 1.14 bits per heavy atom. The third-order valence-electron chi connectivity index (χ3n) is 6.28. The highest BCUT2D eigenvalue weighted by Crippen LogP contribution is 2.32. The summed E-state index contributed by atoms with van der Waals surface area (Å²) in [6.07, 6.45) is 4.35. The van der Waals surface area contributed by atoms with Crippen molar-refractivity contribution < 1.29 is 19.4 Å². The smallest absolute Gasteiger partial charge is 0.196 e. The first kappa shape index (κ1) is 24.2. The van der Waals surface area contributed by atoms with Gasteiger partial charge in [0.25, 0.3) is 0 Å². The van der Waals surface area contributed by atoms with Crippen molar-refractivity contribution >= 4 is 34.2 Å². The van der Waals surface area contributed by atoms with E-state index in [9.17, 15) is 9.90 Å². The number of rotatable bonds is 7. The van der Waals surface area contributed by atoms with E-state index in [0.717, 1.165) is 6.42 Å². The molecule has 2 atom stereocenters. The Morgan fingerprint density at radius 2 is 1.94 bits per heavy atom. The van der Waals surface area contributed by atoms with Gasteiger partial charge in [-0.15, -0.1) is 0 Å². The van der Waals surface area contributed by atoms with E-state index in [0.29, 0.717) is 52.5 Å². The minimum absolute atomic E-state index is 0.0161. The number of para-hydroxylation sites is 1. The van der Waals surface area contributed by atoms with E-state index < -0.39 is 5.60 Å². The zero-order chi connectivity index (χ0) is 25.3. The number of aromatic nitrogens is 3. The second-order valence-electron chi connectivity index (χ2n) is 9.43. The molecule has 0 amide bonds. The average molecular weight is 507 g/mol. The molecule has 9 heteroatoms. The number of aliphatic hydroxyl groups is 1. The zero-order valence-electron chi connectivity index (χ0n) is 20.0. The Labute approximate surface area is 213 Å². The number of benzene rings is 2. The fourth-order valence-corrected chi connectivity index (χ4v) is 4.64. The van der Waals surface area contributed by atoms with Crippen molar-refractivity contribution in [1.29, 1.82) is 0 Å². The molecule has 186 valence electrons. The minimum atomic E-state index is -0.895. The first-order valence-electron chi connectivity index (χ1n) is 11.8. The Morgan fingerprint density at radius 3 is 2.64 bits per heavy atom. The molecule has 3 N–H and O–H groups in total. The van der Waals surface area contributed by atoms with Crippen LogP contribution in [-0.4, -0.2) is 50.2 Å². The van der Waals surface area contributed by atoms with Gasteiger partial charge in [-0.05, 0) is 51.0 Å². The van der Waals surface area contributed by atoms with Gasteiger partial charge in [0, 0.05) is 17.8 Å². The number of carbonyl (C=O) groups is 1. The summed E-state index contributed by atoms with van der Waals surface area (Å²) >= 11 is 6.51. The summed E-state index contributed by atoms with van der Waals surface area (Å²) in [5.41, 5.74) is 0.413. The maximum absolute atomic E-state index is 13.5. The SMILES string of the molecule is CC(C)(O)C1CC[C@@H](Nc2ncnc3[nH]cc(C(=O)c4ccc(Oc5ccccc5)cc4Cl)c23)CO1. The molecule has 1 fully saturated rings. The van der Waals surface area contributed by atoms with E-state index in [2.05, 4.69) is 20.3 Å². The molecule has 0 radical (unpaired) electrons. The molecule has 4 aromatic rings. The minimum Gasteiger partial charge on any atom is -0.457 e. The van der Waals surface area contributed by atoms with E-state index >= 15 is 0 Å². The molecule has 2 aromatic heterocycles. The number of hydrogen-bond donors (Lipinski definition) is 3. The maximum atomic E-state index is 13.5. The number of H-pyrrole nitrogens is 1. The number of nitrogens with one attached hydrogen (secondary N) is 2. The van der Waals surface area contributed by atoms with Crippen LogP contribution in [0, 0.1) is 0 Å². The summed E-state index contributed by atoms with van der Waals surface area (Å²) in [7, 11) is 0. The molecule has 1 unspecified atom stereocenters. The summed E-state index contributed by atoms with van der Waals surface area (Å²) in [5.74, 6) is 1.50. The second-order valence-corrected chi connectivity index (χ2v) is 9.84. The van der Waals surface area contributed by atoms with Crippen LogP contribution in [0.15, 0.2) is 61.1 Å². The van der Waals surface area contributed by atoms with Gasteiger partial charge in [-0.2, -0.15) is 0 Å². The third-order valence-corrected chi connectivity index (χ3v) is 6.60. The highest BCUT2D eigenvalue weighted by molar-refractivity contribution is 6.35. The van der Waals surface area contributed by atoms with Crippen molar-refractivity contribution in [3.05, 3.63) is 77.2 Å². The summed E-state index contributed by atoms with van der Waals surface area (Å²) in [6.45, 7) is 3.92. The van der Waals surface area contributed by atoms with Crippen LogP contribution in [0.25, 0.3) is 11.0 Å². The number of carbonyl (C=O) groups excluding carboxylic acids is 1. The van der Waals surface area contributed by atoms with E-state index in [4.69, 9.17) is 21.1 Å². The topological polar surface area (TPSA) is 109 Å². The number of halogens is 1. The molecule has 0 saturated carbocycles. The number of anilines is 1. The van der Waals surface area contributed by atoms with Crippen molar-refractivity contribution in [2.24, 2.45) is 0 Å². The number of ether oxygens (including phenoxy) is 2. The predicted octanol–water partition coefficient (Wildman–Crippen LogP) is 5.37. The first-order chi connectivity index (χ1) is 17.3. The molecule has 36 heavy (non-hydrogen) atoms. The molecular formula is C27H27ClN4O4. The Bertz CT molecular complexity index is 1380. The van der Waals surface area contributed by atoms with Crippen LogP contribution in [-0.2, 0) is 4.74 Å². The summed E-state index contributed by atoms with van der Waals surface area (Å²) < 4.78 is 11.7. The van der Waals surface area contributed by atoms with Crippen molar-refractivity contribution in [3.8, 4) is 11.5 Å². The lowest BCUT2D eigenvalue weighted by atomic mass is 9.93. The molecule has 0 bridgehead atoms. The molecule has 2 aromatic carbocycles. The van der Waals surface area contributed by atoms with Crippen LogP contribution < -0.4 is 10.1 Å². The van der Waals surface area contributed by atoms with Gasteiger partial charge in [0.2, 0.25) is 0 Å². The Kier molecular flexibility index (Phi) is 6.66. The fourth-order valence-electron chi connectivity index (χ4n) is 4.38. The first-order valence-corrected chi connectivity index (χ1v) is 12.2.